The number of carbonyl (C=O) groups excluding carboxylic acids is 2. The van der Waals surface area contributed by atoms with Gasteiger partial charge < -0.3 is 10.2 Å². The summed E-state index contributed by atoms with van der Waals surface area (Å²) in [4.78, 5) is 29.4. The standard InChI is InChI=1S/C33H40ClN3O4S/c1-25-19-20-28(34)23-30(25)37(42(2,40)41)21-11-18-32(38)36(24-27-14-7-4-8-15-27)31(22-26-12-5-3-6-13-26)33(39)35-29-16-9-10-17-29/h3-8,12-15,19-20,23,29,31H,9-11,16-18,21-22,24H2,1-2H3,(H,35,39)/t31-/m0/s1. The maximum absolute atomic E-state index is 14.0. The number of nitrogens with one attached hydrogen (secondary N) is 1. The van der Waals surface area contributed by atoms with E-state index in [1.807, 2.05) is 67.6 Å². The van der Waals surface area contributed by atoms with E-state index >= 15 is 0 Å². The highest BCUT2D eigenvalue weighted by molar-refractivity contribution is 7.92. The molecule has 3 aromatic carbocycles. The van der Waals surface area contributed by atoms with Crippen molar-refractivity contribution in [2.45, 2.75) is 70.5 Å². The summed E-state index contributed by atoms with van der Waals surface area (Å²) in [5, 5.41) is 3.65. The van der Waals surface area contributed by atoms with Gasteiger partial charge in [0.2, 0.25) is 21.8 Å². The third-order valence-corrected chi connectivity index (χ3v) is 9.18. The lowest BCUT2D eigenvalue weighted by Gasteiger charge is -2.33. The van der Waals surface area contributed by atoms with E-state index in [9.17, 15) is 18.0 Å². The summed E-state index contributed by atoms with van der Waals surface area (Å²) in [7, 11) is -3.62. The summed E-state index contributed by atoms with van der Waals surface area (Å²) in [6, 6.07) is 23.9. The predicted octanol–water partition coefficient (Wildman–Crippen LogP) is 5.89. The monoisotopic (exact) mass is 609 g/mol. The Labute approximate surface area is 254 Å². The van der Waals surface area contributed by atoms with Crippen molar-refractivity contribution < 1.29 is 18.0 Å². The maximum Gasteiger partial charge on any atom is 0.243 e. The number of anilines is 1. The molecule has 2 amide bonds. The molecule has 9 heteroatoms. The first-order valence-corrected chi connectivity index (χ1v) is 16.8. The minimum absolute atomic E-state index is 0.0838. The molecular weight excluding hydrogens is 570 g/mol. The molecule has 1 aliphatic carbocycles. The lowest BCUT2D eigenvalue weighted by Crippen LogP contribution is -2.52. The first-order chi connectivity index (χ1) is 20.1. The van der Waals surface area contributed by atoms with Crippen LogP contribution in [0.4, 0.5) is 5.69 Å². The van der Waals surface area contributed by atoms with Gasteiger partial charge in [-0.05, 0) is 55.0 Å². The number of amides is 2. The molecule has 0 spiro atoms. The summed E-state index contributed by atoms with van der Waals surface area (Å²) >= 11 is 6.19. The van der Waals surface area contributed by atoms with E-state index in [4.69, 9.17) is 11.6 Å². The topological polar surface area (TPSA) is 86.8 Å². The van der Waals surface area contributed by atoms with Gasteiger partial charge in [0.05, 0.1) is 11.9 Å². The van der Waals surface area contributed by atoms with E-state index in [-0.39, 0.29) is 43.8 Å². The zero-order valence-corrected chi connectivity index (χ0v) is 25.9. The van der Waals surface area contributed by atoms with Crippen LogP contribution in [0.25, 0.3) is 0 Å². The van der Waals surface area contributed by atoms with Gasteiger partial charge in [0, 0.05) is 37.0 Å². The van der Waals surface area contributed by atoms with E-state index in [1.54, 1.807) is 23.1 Å². The Kier molecular flexibility index (Phi) is 11.0. The van der Waals surface area contributed by atoms with Crippen molar-refractivity contribution in [1.29, 1.82) is 0 Å². The Morgan fingerprint density at radius 3 is 2.19 bits per heavy atom. The van der Waals surface area contributed by atoms with Crippen LogP contribution < -0.4 is 9.62 Å². The minimum Gasteiger partial charge on any atom is -0.352 e. The molecule has 1 saturated carbocycles. The van der Waals surface area contributed by atoms with Crippen molar-refractivity contribution in [3.63, 3.8) is 0 Å². The smallest absolute Gasteiger partial charge is 0.243 e. The lowest BCUT2D eigenvalue weighted by atomic mass is 10.0. The molecule has 224 valence electrons. The molecule has 1 aliphatic rings. The lowest BCUT2D eigenvalue weighted by molar-refractivity contribution is -0.141. The van der Waals surface area contributed by atoms with Crippen LogP contribution in [-0.4, -0.2) is 50.0 Å². The number of sulfonamides is 1. The van der Waals surface area contributed by atoms with Crippen LogP contribution in [0.3, 0.4) is 0 Å². The Hall–Kier alpha value is -3.36. The average molecular weight is 610 g/mol. The van der Waals surface area contributed by atoms with Gasteiger partial charge in [-0.2, -0.15) is 0 Å². The van der Waals surface area contributed by atoms with Gasteiger partial charge in [-0.15, -0.1) is 0 Å². The van der Waals surface area contributed by atoms with Gasteiger partial charge >= 0.3 is 0 Å². The molecule has 0 aliphatic heterocycles. The number of nitrogens with zero attached hydrogens (tertiary/aromatic N) is 2. The van der Waals surface area contributed by atoms with Gasteiger partial charge in [-0.1, -0.05) is 91.2 Å². The largest absolute Gasteiger partial charge is 0.352 e. The second-order valence-corrected chi connectivity index (χ2v) is 13.4. The van der Waals surface area contributed by atoms with Crippen LogP contribution in [0, 0.1) is 6.92 Å². The zero-order valence-electron chi connectivity index (χ0n) is 24.3. The van der Waals surface area contributed by atoms with Gasteiger partial charge in [0.1, 0.15) is 6.04 Å². The molecule has 4 rings (SSSR count). The Bertz CT molecular complexity index is 1440. The van der Waals surface area contributed by atoms with E-state index in [0.29, 0.717) is 17.1 Å². The van der Waals surface area contributed by atoms with Crippen LogP contribution in [0.5, 0.6) is 0 Å². The molecule has 0 saturated heterocycles. The van der Waals surface area contributed by atoms with Gasteiger partial charge in [-0.25, -0.2) is 8.42 Å². The average Bonchev–Trinajstić information content (AvgIpc) is 3.48. The van der Waals surface area contributed by atoms with Crippen LogP contribution in [0.2, 0.25) is 5.02 Å². The molecule has 7 nitrogen and oxygen atoms in total. The summed E-state index contributed by atoms with van der Waals surface area (Å²) < 4.78 is 26.8. The molecule has 0 bridgehead atoms. The van der Waals surface area contributed by atoms with Gasteiger partial charge in [0.15, 0.2) is 0 Å². The molecule has 42 heavy (non-hydrogen) atoms. The fraction of sp³-hybridized carbons (Fsp3) is 0.394. The Morgan fingerprint density at radius 2 is 1.57 bits per heavy atom. The number of hydrogen-bond acceptors (Lipinski definition) is 4. The highest BCUT2D eigenvalue weighted by atomic mass is 35.5. The molecule has 3 aromatic rings. The van der Waals surface area contributed by atoms with Crippen LogP contribution >= 0.6 is 11.6 Å². The van der Waals surface area contributed by atoms with Crippen LogP contribution in [0.15, 0.2) is 78.9 Å². The van der Waals surface area contributed by atoms with Gasteiger partial charge in [0.25, 0.3) is 0 Å². The van der Waals surface area contributed by atoms with E-state index in [0.717, 1.165) is 48.6 Å². The molecule has 1 N–H and O–H groups in total. The van der Waals surface area contributed by atoms with E-state index in [1.165, 1.54) is 4.31 Å². The predicted molar refractivity (Wildman–Crippen MR) is 169 cm³/mol. The summed E-state index contributed by atoms with van der Waals surface area (Å²) in [6.07, 6.45) is 5.97. The number of aryl methyl sites for hydroxylation is 1. The second kappa shape index (κ2) is 14.7. The number of hydrogen-bond donors (Lipinski definition) is 1. The fourth-order valence-electron chi connectivity index (χ4n) is 5.54. The normalized spacial score (nSPS) is 14.4. The number of rotatable bonds is 13. The molecule has 0 heterocycles. The molecule has 1 atom stereocenters. The van der Waals surface area contributed by atoms with Crippen molar-refractivity contribution in [1.82, 2.24) is 10.2 Å². The Balaban J connectivity index is 1.58. The third kappa shape index (κ3) is 8.82. The summed E-state index contributed by atoms with van der Waals surface area (Å²) in [5.41, 5.74) is 3.16. The van der Waals surface area contributed by atoms with Gasteiger partial charge in [-0.3, -0.25) is 13.9 Å². The quantitative estimate of drug-likeness (QED) is 0.262. The van der Waals surface area contributed by atoms with Crippen molar-refractivity contribution in [3.05, 3.63) is 101 Å². The first-order valence-electron chi connectivity index (χ1n) is 14.5. The maximum atomic E-state index is 14.0. The van der Waals surface area contributed by atoms with Crippen molar-refractivity contribution in [2.75, 3.05) is 17.1 Å². The molecule has 0 unspecified atom stereocenters. The molecule has 1 fully saturated rings. The molecular formula is C33H40ClN3O4S. The Morgan fingerprint density at radius 1 is 0.952 bits per heavy atom. The van der Waals surface area contributed by atoms with Crippen molar-refractivity contribution in [3.8, 4) is 0 Å². The van der Waals surface area contributed by atoms with Crippen molar-refractivity contribution in [2.24, 2.45) is 0 Å². The summed E-state index contributed by atoms with van der Waals surface area (Å²) in [6.45, 7) is 2.22. The SMILES string of the molecule is Cc1ccc(Cl)cc1N(CCCC(=O)N(Cc1ccccc1)[C@@H](Cc1ccccc1)C(=O)NC1CCCC1)S(C)(=O)=O. The number of halogens is 1. The first kappa shape index (κ1) is 31.6. The number of carbonyl (C=O) groups is 2. The molecule has 0 radical (unpaired) electrons. The third-order valence-electron chi connectivity index (χ3n) is 7.76. The zero-order chi connectivity index (χ0) is 30.1. The minimum atomic E-state index is -3.62. The van der Waals surface area contributed by atoms with Crippen LogP contribution in [-0.2, 0) is 32.6 Å². The second-order valence-electron chi connectivity index (χ2n) is 11.1. The molecule has 0 aromatic heterocycles. The van der Waals surface area contributed by atoms with E-state index < -0.39 is 16.1 Å². The van der Waals surface area contributed by atoms with E-state index in [2.05, 4.69) is 5.32 Å². The highest BCUT2D eigenvalue weighted by Crippen LogP contribution is 2.27. The fourth-order valence-corrected chi connectivity index (χ4v) is 6.72. The summed E-state index contributed by atoms with van der Waals surface area (Å²) in [5.74, 6) is -0.347. The number of benzene rings is 3. The highest BCUT2D eigenvalue weighted by Gasteiger charge is 2.32. The van der Waals surface area contributed by atoms with Crippen molar-refractivity contribution >= 4 is 39.1 Å². The van der Waals surface area contributed by atoms with Crippen LogP contribution in [0.1, 0.15) is 55.2 Å².